The van der Waals surface area contributed by atoms with Gasteiger partial charge in [-0.05, 0) is 12.1 Å². The van der Waals surface area contributed by atoms with E-state index in [2.05, 4.69) is 9.72 Å². The highest BCUT2D eigenvalue weighted by molar-refractivity contribution is 7.86. The standard InChI is InChI=1S/C6H4F3NO3S/c7-6(8)13-4-1-2-5(10-3-4)14(9,11)12/h1-3,6H. The van der Waals surface area contributed by atoms with Gasteiger partial charge < -0.3 is 4.74 Å². The van der Waals surface area contributed by atoms with Crippen molar-refractivity contribution in [3.8, 4) is 5.75 Å². The molecule has 78 valence electrons. The number of aromatic nitrogens is 1. The number of nitrogens with zero attached hydrogens (tertiary/aromatic N) is 1. The monoisotopic (exact) mass is 227 g/mol. The molecule has 0 aliphatic heterocycles. The Labute approximate surface area is 77.5 Å². The lowest BCUT2D eigenvalue weighted by atomic mass is 10.5. The molecule has 8 heteroatoms. The molecule has 0 atom stereocenters. The van der Waals surface area contributed by atoms with Gasteiger partial charge in [0, 0.05) is 0 Å². The third-order valence-corrected chi connectivity index (χ3v) is 1.93. The second-order valence-corrected chi connectivity index (χ2v) is 3.44. The Bertz CT molecular complexity index is 403. The van der Waals surface area contributed by atoms with Crippen molar-refractivity contribution in [1.82, 2.24) is 4.98 Å². The van der Waals surface area contributed by atoms with Gasteiger partial charge in [0.25, 0.3) is 0 Å². The van der Waals surface area contributed by atoms with Gasteiger partial charge in [-0.3, -0.25) is 0 Å². The van der Waals surface area contributed by atoms with E-state index < -0.39 is 21.9 Å². The summed E-state index contributed by atoms with van der Waals surface area (Å²) in [6.45, 7) is -3.04. The van der Waals surface area contributed by atoms with Crippen molar-refractivity contribution in [2.75, 3.05) is 0 Å². The van der Waals surface area contributed by atoms with Gasteiger partial charge >= 0.3 is 16.8 Å². The zero-order valence-electron chi connectivity index (χ0n) is 6.52. The lowest BCUT2D eigenvalue weighted by molar-refractivity contribution is -0.0501. The predicted molar refractivity (Wildman–Crippen MR) is 39.2 cm³/mol. The number of hydrogen-bond donors (Lipinski definition) is 0. The Morgan fingerprint density at radius 3 is 2.36 bits per heavy atom. The van der Waals surface area contributed by atoms with Crippen LogP contribution in [0.25, 0.3) is 0 Å². The predicted octanol–water partition coefficient (Wildman–Crippen LogP) is 1.34. The molecule has 4 nitrogen and oxygen atoms in total. The van der Waals surface area contributed by atoms with E-state index in [0.717, 1.165) is 12.1 Å². The Hall–Kier alpha value is -1.31. The van der Waals surface area contributed by atoms with E-state index in [1.165, 1.54) is 0 Å². The van der Waals surface area contributed by atoms with E-state index in [9.17, 15) is 21.1 Å². The SMILES string of the molecule is O=S(=O)(F)c1ccc(OC(F)F)cn1. The van der Waals surface area contributed by atoms with E-state index in [4.69, 9.17) is 0 Å². The molecular formula is C6H4F3NO3S. The van der Waals surface area contributed by atoms with Gasteiger partial charge in [0.2, 0.25) is 0 Å². The Kier molecular flexibility index (Phi) is 2.94. The van der Waals surface area contributed by atoms with Gasteiger partial charge in [0.15, 0.2) is 5.03 Å². The van der Waals surface area contributed by atoms with E-state index in [0.29, 0.717) is 6.20 Å². The minimum absolute atomic E-state index is 0.340. The molecule has 0 spiro atoms. The summed E-state index contributed by atoms with van der Waals surface area (Å²) in [6, 6.07) is 1.61. The van der Waals surface area contributed by atoms with Gasteiger partial charge in [0.05, 0.1) is 6.20 Å². The summed E-state index contributed by atoms with van der Waals surface area (Å²) in [5, 5.41) is -0.848. The second-order valence-electron chi connectivity index (χ2n) is 2.15. The topological polar surface area (TPSA) is 56.3 Å². The van der Waals surface area contributed by atoms with Gasteiger partial charge in [0.1, 0.15) is 5.75 Å². The number of halogens is 3. The van der Waals surface area contributed by atoms with Gasteiger partial charge in [-0.15, -0.1) is 0 Å². The molecule has 0 amide bonds. The summed E-state index contributed by atoms with van der Waals surface area (Å²) < 4.78 is 59.8. The summed E-state index contributed by atoms with van der Waals surface area (Å²) in [7, 11) is -4.90. The van der Waals surface area contributed by atoms with Crippen LogP contribution in [0.15, 0.2) is 23.4 Å². The highest BCUT2D eigenvalue weighted by Gasteiger charge is 2.13. The maximum atomic E-state index is 12.2. The third kappa shape index (κ3) is 2.87. The summed E-state index contributed by atoms with van der Waals surface area (Å²) in [6.07, 6.45) is 0.693. The molecule has 0 aromatic carbocycles. The smallest absolute Gasteiger partial charge is 0.387 e. The van der Waals surface area contributed by atoms with Crippen LogP contribution in [-0.2, 0) is 10.2 Å². The van der Waals surface area contributed by atoms with Crippen molar-refractivity contribution in [3.05, 3.63) is 18.3 Å². The molecule has 14 heavy (non-hydrogen) atoms. The number of hydrogen-bond acceptors (Lipinski definition) is 4. The molecule has 0 unspecified atom stereocenters. The normalized spacial score (nSPS) is 11.7. The minimum Gasteiger partial charge on any atom is -0.433 e. The first-order chi connectivity index (χ1) is 6.39. The number of alkyl halides is 2. The fourth-order valence-electron chi connectivity index (χ4n) is 0.684. The van der Waals surface area contributed by atoms with Crippen molar-refractivity contribution in [3.63, 3.8) is 0 Å². The first-order valence-electron chi connectivity index (χ1n) is 3.25. The Balaban J connectivity index is 2.90. The molecule has 0 saturated carbocycles. The molecule has 1 heterocycles. The third-order valence-electron chi connectivity index (χ3n) is 1.18. The molecule has 0 aliphatic rings. The fourth-order valence-corrected chi connectivity index (χ4v) is 1.09. The highest BCUT2D eigenvalue weighted by atomic mass is 32.3. The maximum Gasteiger partial charge on any atom is 0.387 e. The van der Waals surface area contributed by atoms with Crippen molar-refractivity contribution in [2.24, 2.45) is 0 Å². The van der Waals surface area contributed by atoms with Gasteiger partial charge in [-0.2, -0.15) is 17.2 Å². The van der Waals surface area contributed by atoms with Crippen LogP contribution in [0, 0.1) is 0 Å². The van der Waals surface area contributed by atoms with Crippen LogP contribution < -0.4 is 4.74 Å². The average Bonchev–Trinajstić information content (AvgIpc) is 2.02. The number of pyridine rings is 1. The van der Waals surface area contributed by atoms with Crippen LogP contribution >= 0.6 is 0 Å². The van der Waals surface area contributed by atoms with E-state index >= 15 is 0 Å². The van der Waals surface area contributed by atoms with E-state index in [1.807, 2.05) is 0 Å². The van der Waals surface area contributed by atoms with E-state index in [-0.39, 0.29) is 5.75 Å². The van der Waals surface area contributed by atoms with Crippen LogP contribution in [0.3, 0.4) is 0 Å². The molecule has 0 N–H and O–H groups in total. The molecule has 1 aromatic rings. The number of rotatable bonds is 3. The number of ether oxygens (including phenoxy) is 1. The largest absolute Gasteiger partial charge is 0.433 e. The Morgan fingerprint density at radius 1 is 1.36 bits per heavy atom. The molecular weight excluding hydrogens is 223 g/mol. The summed E-state index contributed by atoms with van der Waals surface area (Å²) in [4.78, 5) is 3.08. The second kappa shape index (κ2) is 3.82. The van der Waals surface area contributed by atoms with Crippen LogP contribution in [0.1, 0.15) is 0 Å². The average molecular weight is 227 g/mol. The zero-order valence-corrected chi connectivity index (χ0v) is 7.34. The highest BCUT2D eigenvalue weighted by Crippen LogP contribution is 2.15. The first-order valence-corrected chi connectivity index (χ1v) is 4.63. The zero-order chi connectivity index (χ0) is 10.8. The molecule has 0 aliphatic carbocycles. The van der Waals surface area contributed by atoms with Gasteiger partial charge in [-0.1, -0.05) is 3.89 Å². The lowest BCUT2D eigenvalue weighted by Crippen LogP contribution is -2.03. The van der Waals surface area contributed by atoms with Crippen LogP contribution in [0.4, 0.5) is 12.7 Å². The summed E-state index contributed by atoms with van der Waals surface area (Å²) in [5.41, 5.74) is 0. The fraction of sp³-hybridized carbons (Fsp3) is 0.167. The lowest BCUT2D eigenvalue weighted by Gasteiger charge is -2.02. The maximum absolute atomic E-state index is 12.2. The molecule has 0 saturated heterocycles. The molecule has 0 bridgehead atoms. The van der Waals surface area contributed by atoms with E-state index in [1.54, 1.807) is 0 Å². The minimum atomic E-state index is -4.90. The molecule has 0 radical (unpaired) electrons. The van der Waals surface area contributed by atoms with Crippen molar-refractivity contribution < 1.29 is 25.8 Å². The Morgan fingerprint density at radius 2 is 2.00 bits per heavy atom. The van der Waals surface area contributed by atoms with Gasteiger partial charge in [-0.25, -0.2) is 4.98 Å². The van der Waals surface area contributed by atoms with Crippen LogP contribution in [0.5, 0.6) is 5.75 Å². The first kappa shape index (κ1) is 10.8. The summed E-state index contributed by atoms with van der Waals surface area (Å²) in [5.74, 6) is -0.340. The van der Waals surface area contributed by atoms with Crippen molar-refractivity contribution in [1.29, 1.82) is 0 Å². The van der Waals surface area contributed by atoms with Crippen LogP contribution in [-0.4, -0.2) is 20.0 Å². The quantitative estimate of drug-likeness (QED) is 0.731. The van der Waals surface area contributed by atoms with Crippen LogP contribution in [0.2, 0.25) is 0 Å². The molecule has 1 rings (SSSR count). The summed E-state index contributed by atoms with van der Waals surface area (Å²) >= 11 is 0. The van der Waals surface area contributed by atoms with Crippen molar-refractivity contribution in [2.45, 2.75) is 11.6 Å². The molecule has 0 fully saturated rings. The van der Waals surface area contributed by atoms with Crippen molar-refractivity contribution >= 4 is 10.2 Å². The molecule has 1 aromatic heterocycles.